The molecule has 0 atom stereocenters. The molecule has 2 aromatic rings. The van der Waals surface area contributed by atoms with Crippen LogP contribution in [0.2, 0.25) is 5.02 Å². The summed E-state index contributed by atoms with van der Waals surface area (Å²) in [4.78, 5) is 23.6. The van der Waals surface area contributed by atoms with Crippen molar-refractivity contribution in [3.8, 4) is 0 Å². The summed E-state index contributed by atoms with van der Waals surface area (Å²) < 4.78 is 13.6. The van der Waals surface area contributed by atoms with E-state index in [0.29, 0.717) is 6.54 Å². The van der Waals surface area contributed by atoms with Gasteiger partial charge < -0.3 is 10.6 Å². The second kappa shape index (κ2) is 7.74. The van der Waals surface area contributed by atoms with Crippen molar-refractivity contribution in [3.05, 3.63) is 70.0 Å². The van der Waals surface area contributed by atoms with Gasteiger partial charge in [-0.15, -0.1) is 0 Å². The minimum absolute atomic E-state index is 0.00247. The first-order chi connectivity index (χ1) is 11.0. The molecular formula is C17H16ClFN2O2. The minimum atomic E-state index is -0.727. The molecule has 4 nitrogen and oxygen atoms in total. The Bertz CT molecular complexity index is 714. The summed E-state index contributed by atoms with van der Waals surface area (Å²) in [6.45, 7) is 2.07. The van der Waals surface area contributed by atoms with Gasteiger partial charge in [0.25, 0.3) is 5.91 Å². The zero-order valence-corrected chi connectivity index (χ0v) is 13.3. The van der Waals surface area contributed by atoms with Gasteiger partial charge in [-0.2, -0.15) is 0 Å². The molecule has 0 fully saturated rings. The highest BCUT2D eigenvalue weighted by Crippen LogP contribution is 2.18. The zero-order chi connectivity index (χ0) is 16.8. The predicted octanol–water partition coefficient (Wildman–Crippen LogP) is 2.83. The number of halogens is 2. The van der Waals surface area contributed by atoms with E-state index in [0.717, 1.165) is 17.2 Å². The summed E-state index contributed by atoms with van der Waals surface area (Å²) in [6.07, 6.45) is 0. The van der Waals surface area contributed by atoms with Crippen molar-refractivity contribution in [3.63, 3.8) is 0 Å². The van der Waals surface area contributed by atoms with Crippen LogP contribution in [0, 0.1) is 12.7 Å². The van der Waals surface area contributed by atoms with Gasteiger partial charge in [-0.05, 0) is 24.6 Å². The normalized spacial score (nSPS) is 10.2. The van der Waals surface area contributed by atoms with E-state index in [9.17, 15) is 14.0 Å². The van der Waals surface area contributed by atoms with E-state index >= 15 is 0 Å². The van der Waals surface area contributed by atoms with E-state index in [2.05, 4.69) is 10.6 Å². The van der Waals surface area contributed by atoms with Crippen molar-refractivity contribution in [1.29, 1.82) is 0 Å². The van der Waals surface area contributed by atoms with Crippen molar-refractivity contribution < 1.29 is 14.0 Å². The van der Waals surface area contributed by atoms with Crippen LogP contribution >= 0.6 is 11.6 Å². The number of aryl methyl sites for hydroxylation is 1. The summed E-state index contributed by atoms with van der Waals surface area (Å²) in [5.74, 6) is -1.82. The SMILES string of the molecule is Cc1cccc(CNC(=O)CNC(=O)c2c(F)cccc2Cl)c1. The molecule has 0 radical (unpaired) electrons. The highest BCUT2D eigenvalue weighted by Gasteiger charge is 2.16. The fraction of sp³-hybridized carbons (Fsp3) is 0.176. The molecule has 120 valence electrons. The van der Waals surface area contributed by atoms with E-state index in [1.54, 1.807) is 0 Å². The van der Waals surface area contributed by atoms with Crippen molar-refractivity contribution in [2.24, 2.45) is 0 Å². The van der Waals surface area contributed by atoms with Gasteiger partial charge in [0.05, 0.1) is 17.1 Å². The Morgan fingerprint density at radius 2 is 1.87 bits per heavy atom. The lowest BCUT2D eigenvalue weighted by Crippen LogP contribution is -2.37. The first-order valence-corrected chi connectivity index (χ1v) is 7.39. The maximum atomic E-state index is 13.6. The summed E-state index contributed by atoms with van der Waals surface area (Å²) >= 11 is 5.79. The number of amides is 2. The van der Waals surface area contributed by atoms with Gasteiger partial charge in [-0.3, -0.25) is 9.59 Å². The van der Waals surface area contributed by atoms with Crippen molar-refractivity contribution >= 4 is 23.4 Å². The Balaban J connectivity index is 1.86. The number of hydrogen-bond donors (Lipinski definition) is 2. The van der Waals surface area contributed by atoms with Crippen LogP contribution in [-0.2, 0) is 11.3 Å². The first kappa shape index (κ1) is 17.0. The molecule has 0 aromatic heterocycles. The lowest BCUT2D eigenvalue weighted by molar-refractivity contribution is -0.120. The first-order valence-electron chi connectivity index (χ1n) is 7.02. The van der Waals surface area contributed by atoms with Crippen LogP contribution < -0.4 is 10.6 Å². The Morgan fingerprint density at radius 3 is 2.57 bits per heavy atom. The fourth-order valence-corrected chi connectivity index (χ4v) is 2.30. The number of rotatable bonds is 5. The molecule has 0 spiro atoms. The Hall–Kier alpha value is -2.40. The molecule has 0 aliphatic rings. The van der Waals surface area contributed by atoms with Crippen LogP contribution in [0.4, 0.5) is 4.39 Å². The highest BCUT2D eigenvalue weighted by molar-refractivity contribution is 6.33. The van der Waals surface area contributed by atoms with Gasteiger partial charge in [0.1, 0.15) is 5.82 Å². The average molecular weight is 335 g/mol. The van der Waals surface area contributed by atoms with Crippen molar-refractivity contribution in [1.82, 2.24) is 10.6 Å². The third kappa shape index (κ3) is 4.79. The van der Waals surface area contributed by atoms with Gasteiger partial charge in [0.2, 0.25) is 5.91 Å². The van der Waals surface area contributed by atoms with Crippen molar-refractivity contribution in [2.75, 3.05) is 6.54 Å². The Morgan fingerprint density at radius 1 is 1.13 bits per heavy atom. The number of nitrogens with one attached hydrogen (secondary N) is 2. The molecule has 0 saturated heterocycles. The van der Waals surface area contributed by atoms with Crippen LogP contribution in [-0.4, -0.2) is 18.4 Å². The largest absolute Gasteiger partial charge is 0.350 e. The third-order valence-electron chi connectivity index (χ3n) is 3.17. The second-order valence-corrected chi connectivity index (χ2v) is 5.45. The summed E-state index contributed by atoms with van der Waals surface area (Å²) in [5, 5.41) is 5.04. The minimum Gasteiger partial charge on any atom is -0.350 e. The molecule has 2 amide bonds. The maximum Gasteiger partial charge on any atom is 0.256 e. The number of benzene rings is 2. The molecule has 0 saturated carbocycles. The highest BCUT2D eigenvalue weighted by atomic mass is 35.5. The van der Waals surface area contributed by atoms with Gasteiger partial charge in [-0.1, -0.05) is 47.5 Å². The van der Waals surface area contributed by atoms with Gasteiger partial charge in [0.15, 0.2) is 0 Å². The lowest BCUT2D eigenvalue weighted by Gasteiger charge is -2.09. The maximum absolute atomic E-state index is 13.6. The van der Waals surface area contributed by atoms with E-state index in [4.69, 9.17) is 11.6 Å². The smallest absolute Gasteiger partial charge is 0.256 e. The van der Waals surface area contributed by atoms with E-state index in [-0.39, 0.29) is 23.0 Å². The monoisotopic (exact) mass is 334 g/mol. The van der Waals surface area contributed by atoms with E-state index in [1.165, 1.54) is 12.1 Å². The quantitative estimate of drug-likeness (QED) is 0.883. The number of carbonyl (C=O) groups is 2. The molecule has 0 bridgehead atoms. The van der Waals surface area contributed by atoms with Crippen LogP contribution in [0.25, 0.3) is 0 Å². The molecule has 2 rings (SSSR count). The van der Waals surface area contributed by atoms with Gasteiger partial charge in [0, 0.05) is 6.54 Å². The Labute approximate surface area is 138 Å². The molecule has 6 heteroatoms. The third-order valence-corrected chi connectivity index (χ3v) is 3.49. The van der Waals surface area contributed by atoms with E-state index < -0.39 is 11.7 Å². The van der Waals surface area contributed by atoms with Crippen LogP contribution in [0.1, 0.15) is 21.5 Å². The average Bonchev–Trinajstić information content (AvgIpc) is 2.51. The number of hydrogen-bond acceptors (Lipinski definition) is 2. The molecule has 0 unspecified atom stereocenters. The summed E-state index contributed by atoms with van der Waals surface area (Å²) in [6, 6.07) is 11.7. The van der Waals surface area contributed by atoms with Crippen LogP contribution in [0.5, 0.6) is 0 Å². The van der Waals surface area contributed by atoms with Gasteiger partial charge in [-0.25, -0.2) is 4.39 Å². The van der Waals surface area contributed by atoms with Crippen molar-refractivity contribution in [2.45, 2.75) is 13.5 Å². The molecule has 0 aliphatic heterocycles. The van der Waals surface area contributed by atoms with Crippen LogP contribution in [0.15, 0.2) is 42.5 Å². The topological polar surface area (TPSA) is 58.2 Å². The number of carbonyl (C=O) groups excluding carboxylic acids is 2. The molecule has 23 heavy (non-hydrogen) atoms. The molecular weight excluding hydrogens is 319 g/mol. The van der Waals surface area contributed by atoms with E-state index in [1.807, 2.05) is 31.2 Å². The summed E-state index contributed by atoms with van der Waals surface area (Å²) in [5.41, 5.74) is 1.79. The molecule has 0 aliphatic carbocycles. The predicted molar refractivity (Wildman–Crippen MR) is 86.8 cm³/mol. The zero-order valence-electron chi connectivity index (χ0n) is 12.5. The second-order valence-electron chi connectivity index (χ2n) is 5.05. The van der Waals surface area contributed by atoms with Crippen LogP contribution in [0.3, 0.4) is 0 Å². The van der Waals surface area contributed by atoms with Gasteiger partial charge >= 0.3 is 0 Å². The fourth-order valence-electron chi connectivity index (χ4n) is 2.05. The molecule has 2 aromatic carbocycles. The standard InChI is InChI=1S/C17H16ClFN2O2/c1-11-4-2-5-12(8-11)9-20-15(22)10-21-17(23)16-13(18)6-3-7-14(16)19/h2-8H,9-10H2,1H3,(H,20,22)(H,21,23). The molecule has 2 N–H and O–H groups in total. The molecule has 0 heterocycles. The lowest BCUT2D eigenvalue weighted by atomic mass is 10.1. The Kier molecular flexibility index (Phi) is 5.71. The summed E-state index contributed by atoms with van der Waals surface area (Å²) in [7, 11) is 0.